The summed E-state index contributed by atoms with van der Waals surface area (Å²) in [6, 6.07) is 12.1. The molecule has 1 aliphatic rings. The second kappa shape index (κ2) is 11.0. The van der Waals surface area contributed by atoms with Crippen LogP contribution in [0.15, 0.2) is 63.5 Å². The lowest BCUT2D eigenvalue weighted by atomic mass is 9.95. The molecular formula is C28H30N2O6S. The zero-order valence-electron chi connectivity index (χ0n) is 21.7. The molecule has 2 heterocycles. The molecule has 0 aliphatic carbocycles. The lowest BCUT2D eigenvalue weighted by molar-refractivity contribution is -0.139. The molecule has 3 aromatic rings. The number of hydrogen-bond acceptors (Lipinski definition) is 8. The van der Waals surface area contributed by atoms with Crippen LogP contribution in [0.5, 0.6) is 17.2 Å². The SMILES string of the molecule is CCOC(=O)C1=C(C)N=c2s/c(=C/c3ccc(OC)cc3OC)c(=O)n2[C@H]1c1ccccc1OC(C)C. The molecule has 1 atom stereocenters. The Labute approximate surface area is 219 Å². The van der Waals surface area contributed by atoms with E-state index >= 15 is 0 Å². The summed E-state index contributed by atoms with van der Waals surface area (Å²) in [7, 11) is 3.14. The molecule has 2 aromatic carbocycles. The van der Waals surface area contributed by atoms with E-state index in [0.29, 0.717) is 43.4 Å². The smallest absolute Gasteiger partial charge is 0.338 e. The van der Waals surface area contributed by atoms with Crippen LogP contribution in [0.4, 0.5) is 0 Å². The Morgan fingerprint density at radius 1 is 1.14 bits per heavy atom. The van der Waals surface area contributed by atoms with Gasteiger partial charge in [0.1, 0.15) is 23.3 Å². The van der Waals surface area contributed by atoms with Crippen molar-refractivity contribution in [3.8, 4) is 17.2 Å². The molecule has 9 heteroatoms. The van der Waals surface area contributed by atoms with Gasteiger partial charge in [-0.15, -0.1) is 0 Å². The Morgan fingerprint density at radius 2 is 1.89 bits per heavy atom. The van der Waals surface area contributed by atoms with Crippen LogP contribution in [0.2, 0.25) is 0 Å². The maximum absolute atomic E-state index is 13.9. The lowest BCUT2D eigenvalue weighted by Crippen LogP contribution is -2.40. The summed E-state index contributed by atoms with van der Waals surface area (Å²) in [5, 5.41) is 0. The van der Waals surface area contributed by atoms with E-state index in [4.69, 9.17) is 18.9 Å². The molecule has 8 nitrogen and oxygen atoms in total. The monoisotopic (exact) mass is 522 g/mol. The van der Waals surface area contributed by atoms with Crippen molar-refractivity contribution in [1.29, 1.82) is 0 Å². The van der Waals surface area contributed by atoms with Gasteiger partial charge in [0.2, 0.25) is 0 Å². The molecule has 0 fully saturated rings. The third-order valence-corrected chi connectivity index (χ3v) is 6.80. The van der Waals surface area contributed by atoms with Gasteiger partial charge in [-0.3, -0.25) is 9.36 Å². The standard InChI is InChI=1S/C28H30N2O6S/c1-7-35-27(32)24-17(4)29-28-30(25(24)20-10-8-9-11-21(20)36-16(2)3)26(31)23(37-28)14-18-12-13-19(33-5)15-22(18)34-6/h8-16,25H,7H2,1-6H3/b23-14+/t25-/m0/s1. The maximum atomic E-state index is 13.9. The van der Waals surface area contributed by atoms with Crippen molar-refractivity contribution in [3.63, 3.8) is 0 Å². The van der Waals surface area contributed by atoms with Gasteiger partial charge in [-0.2, -0.15) is 0 Å². The topological polar surface area (TPSA) is 88.4 Å². The average molecular weight is 523 g/mol. The van der Waals surface area contributed by atoms with Crippen molar-refractivity contribution < 1.29 is 23.7 Å². The minimum absolute atomic E-state index is 0.101. The van der Waals surface area contributed by atoms with Gasteiger partial charge >= 0.3 is 5.97 Å². The van der Waals surface area contributed by atoms with Gasteiger partial charge in [0.25, 0.3) is 5.56 Å². The molecule has 0 spiro atoms. The molecule has 0 N–H and O–H groups in total. The number of para-hydroxylation sites is 1. The first-order chi connectivity index (χ1) is 17.8. The third kappa shape index (κ3) is 5.17. The normalized spacial score (nSPS) is 15.3. The molecule has 0 unspecified atom stereocenters. The van der Waals surface area contributed by atoms with Gasteiger partial charge < -0.3 is 18.9 Å². The first kappa shape index (κ1) is 26.2. The van der Waals surface area contributed by atoms with Gasteiger partial charge in [0, 0.05) is 17.2 Å². The van der Waals surface area contributed by atoms with Gasteiger partial charge in [0.05, 0.1) is 42.7 Å². The van der Waals surface area contributed by atoms with Crippen LogP contribution in [0.3, 0.4) is 0 Å². The van der Waals surface area contributed by atoms with Crippen molar-refractivity contribution in [2.75, 3.05) is 20.8 Å². The van der Waals surface area contributed by atoms with E-state index in [1.165, 1.54) is 11.3 Å². The van der Waals surface area contributed by atoms with Crippen LogP contribution >= 0.6 is 11.3 Å². The third-order valence-electron chi connectivity index (χ3n) is 5.82. The number of esters is 1. The van der Waals surface area contributed by atoms with Crippen LogP contribution in [-0.4, -0.2) is 37.5 Å². The quantitative estimate of drug-likeness (QED) is 0.420. The number of carbonyl (C=O) groups excluding carboxylic acids is 1. The predicted molar refractivity (Wildman–Crippen MR) is 142 cm³/mol. The molecule has 4 rings (SSSR count). The van der Waals surface area contributed by atoms with Crippen LogP contribution in [-0.2, 0) is 9.53 Å². The van der Waals surface area contributed by atoms with E-state index < -0.39 is 12.0 Å². The van der Waals surface area contributed by atoms with Crippen LogP contribution in [0.25, 0.3) is 6.08 Å². The number of allylic oxidation sites excluding steroid dienone is 1. The molecule has 1 aromatic heterocycles. The Balaban J connectivity index is 1.98. The molecule has 0 saturated carbocycles. The fourth-order valence-corrected chi connectivity index (χ4v) is 5.27. The van der Waals surface area contributed by atoms with Gasteiger partial charge in [0.15, 0.2) is 4.80 Å². The summed E-state index contributed by atoms with van der Waals surface area (Å²) in [5.74, 6) is 1.29. The predicted octanol–water partition coefficient (Wildman–Crippen LogP) is 3.60. The lowest BCUT2D eigenvalue weighted by Gasteiger charge is -2.26. The number of aromatic nitrogens is 1. The molecule has 0 radical (unpaired) electrons. The largest absolute Gasteiger partial charge is 0.497 e. The Bertz CT molecular complexity index is 1530. The highest BCUT2D eigenvalue weighted by molar-refractivity contribution is 7.07. The van der Waals surface area contributed by atoms with E-state index in [9.17, 15) is 9.59 Å². The van der Waals surface area contributed by atoms with Gasteiger partial charge in [-0.05, 0) is 52.0 Å². The Morgan fingerprint density at radius 3 is 2.57 bits per heavy atom. The zero-order chi connectivity index (χ0) is 26.7. The zero-order valence-corrected chi connectivity index (χ0v) is 22.5. The van der Waals surface area contributed by atoms with Crippen LogP contribution < -0.4 is 29.1 Å². The fourth-order valence-electron chi connectivity index (χ4n) is 4.23. The number of thiazole rings is 1. The van der Waals surface area contributed by atoms with Crippen LogP contribution in [0.1, 0.15) is 44.9 Å². The van der Waals surface area contributed by atoms with E-state index in [2.05, 4.69) is 4.99 Å². The number of rotatable bonds is 8. The van der Waals surface area contributed by atoms with E-state index in [0.717, 1.165) is 5.56 Å². The summed E-state index contributed by atoms with van der Waals surface area (Å²) in [6.45, 7) is 7.56. The summed E-state index contributed by atoms with van der Waals surface area (Å²) < 4.78 is 24.3. The van der Waals surface area contributed by atoms with Crippen molar-refractivity contribution in [2.24, 2.45) is 4.99 Å². The first-order valence-corrected chi connectivity index (χ1v) is 12.8. The minimum Gasteiger partial charge on any atom is -0.497 e. The molecule has 194 valence electrons. The molecule has 37 heavy (non-hydrogen) atoms. The highest BCUT2D eigenvalue weighted by Gasteiger charge is 2.35. The average Bonchev–Trinajstić information content (AvgIpc) is 3.17. The number of methoxy groups -OCH3 is 2. The van der Waals surface area contributed by atoms with Crippen molar-refractivity contribution in [2.45, 2.75) is 39.8 Å². The Hall–Kier alpha value is -3.85. The number of benzene rings is 2. The second-order valence-electron chi connectivity index (χ2n) is 8.61. The van der Waals surface area contributed by atoms with Gasteiger partial charge in [-0.1, -0.05) is 29.5 Å². The molecule has 0 saturated heterocycles. The van der Waals surface area contributed by atoms with Crippen molar-refractivity contribution in [3.05, 3.63) is 84.5 Å². The summed E-state index contributed by atoms with van der Waals surface area (Å²) in [4.78, 5) is 32.2. The van der Waals surface area contributed by atoms with E-state index in [1.54, 1.807) is 50.8 Å². The van der Waals surface area contributed by atoms with E-state index in [1.807, 2.05) is 44.2 Å². The first-order valence-electron chi connectivity index (χ1n) is 12.0. The molecule has 0 amide bonds. The minimum atomic E-state index is -0.759. The number of fused-ring (bicyclic) bond motifs is 1. The highest BCUT2D eigenvalue weighted by Crippen LogP contribution is 2.36. The summed E-state index contributed by atoms with van der Waals surface area (Å²) >= 11 is 1.25. The van der Waals surface area contributed by atoms with E-state index in [-0.39, 0.29) is 18.3 Å². The Kier molecular flexibility index (Phi) is 7.83. The maximum Gasteiger partial charge on any atom is 0.338 e. The summed E-state index contributed by atoms with van der Waals surface area (Å²) in [5.41, 5.74) is 1.93. The number of nitrogens with zero attached hydrogens (tertiary/aromatic N) is 2. The number of ether oxygens (including phenoxy) is 4. The number of hydrogen-bond donors (Lipinski definition) is 0. The number of carbonyl (C=O) groups is 1. The highest BCUT2D eigenvalue weighted by atomic mass is 32.1. The molecule has 1 aliphatic heterocycles. The second-order valence-corrected chi connectivity index (χ2v) is 9.62. The molecular weight excluding hydrogens is 492 g/mol. The fraction of sp³-hybridized carbons (Fsp3) is 0.321. The summed E-state index contributed by atoms with van der Waals surface area (Å²) in [6.07, 6.45) is 1.66. The van der Waals surface area contributed by atoms with Gasteiger partial charge in [-0.25, -0.2) is 9.79 Å². The van der Waals surface area contributed by atoms with Crippen molar-refractivity contribution in [1.82, 2.24) is 4.57 Å². The van der Waals surface area contributed by atoms with Crippen LogP contribution in [0, 0.1) is 0 Å². The van der Waals surface area contributed by atoms with Crippen molar-refractivity contribution >= 4 is 23.4 Å². The molecule has 0 bridgehead atoms.